The Bertz CT molecular complexity index is 376. The topological polar surface area (TPSA) is 91.9 Å². The Morgan fingerprint density at radius 1 is 1.56 bits per heavy atom. The van der Waals surface area contributed by atoms with Gasteiger partial charge in [0.2, 0.25) is 5.76 Å². The van der Waals surface area contributed by atoms with Crippen LogP contribution in [-0.4, -0.2) is 42.5 Å². The minimum atomic E-state index is -1.08. The van der Waals surface area contributed by atoms with Crippen LogP contribution in [0.4, 0.5) is 0 Å². The smallest absolute Gasteiger partial charge is 0.371 e. The maximum absolute atomic E-state index is 10.7. The molecule has 0 radical (unpaired) electrons. The number of methoxy groups -OCH3 is 1. The van der Waals surface area contributed by atoms with Crippen molar-refractivity contribution in [3.8, 4) is 0 Å². The van der Waals surface area contributed by atoms with E-state index in [0.717, 1.165) is 0 Å². The molecule has 1 rings (SSSR count). The number of rotatable bonds is 8. The molecule has 0 saturated carbocycles. The van der Waals surface area contributed by atoms with Crippen LogP contribution in [0.25, 0.3) is 0 Å². The lowest BCUT2D eigenvalue weighted by Gasteiger charge is -2.13. The third kappa shape index (κ3) is 4.48. The number of hydrogen-bond donors (Lipinski definition) is 3. The van der Waals surface area contributed by atoms with Crippen LogP contribution in [0.15, 0.2) is 16.5 Å². The van der Waals surface area contributed by atoms with E-state index in [-0.39, 0.29) is 11.8 Å². The Kier molecular flexibility index (Phi) is 5.84. The summed E-state index contributed by atoms with van der Waals surface area (Å²) in [6.07, 6.45) is 0.0610. The molecule has 1 aromatic heterocycles. The molecule has 1 aromatic rings. The van der Waals surface area contributed by atoms with E-state index in [1.54, 1.807) is 6.07 Å². The molecule has 0 aliphatic carbocycles. The summed E-state index contributed by atoms with van der Waals surface area (Å²) >= 11 is 0. The van der Waals surface area contributed by atoms with Crippen molar-refractivity contribution < 1.29 is 24.2 Å². The lowest BCUT2D eigenvalue weighted by Crippen LogP contribution is -2.25. The SMILES string of the molecule is COCC(O)CCNC(C)c1ccc(C(=O)O)o1. The van der Waals surface area contributed by atoms with Gasteiger partial charge in [-0.05, 0) is 32.0 Å². The Balaban J connectivity index is 2.35. The first-order valence-electron chi connectivity index (χ1n) is 5.78. The van der Waals surface area contributed by atoms with Crippen LogP contribution in [0.2, 0.25) is 0 Å². The highest BCUT2D eigenvalue weighted by atomic mass is 16.5. The molecule has 0 aromatic carbocycles. The maximum Gasteiger partial charge on any atom is 0.371 e. The molecule has 18 heavy (non-hydrogen) atoms. The third-order valence-corrected chi connectivity index (χ3v) is 2.55. The zero-order valence-corrected chi connectivity index (χ0v) is 10.5. The molecule has 0 aliphatic heterocycles. The Hall–Kier alpha value is -1.37. The van der Waals surface area contributed by atoms with E-state index >= 15 is 0 Å². The predicted octanol–water partition coefficient (Wildman–Crippen LogP) is 1.03. The summed E-state index contributed by atoms with van der Waals surface area (Å²) in [5, 5.41) is 21.3. The van der Waals surface area contributed by atoms with Crippen LogP contribution in [-0.2, 0) is 4.74 Å². The van der Waals surface area contributed by atoms with Crippen LogP contribution in [0.5, 0.6) is 0 Å². The van der Waals surface area contributed by atoms with E-state index in [4.69, 9.17) is 14.3 Å². The summed E-state index contributed by atoms with van der Waals surface area (Å²) in [5.74, 6) is -0.587. The summed E-state index contributed by atoms with van der Waals surface area (Å²) in [6, 6.07) is 2.95. The van der Waals surface area contributed by atoms with E-state index in [1.165, 1.54) is 13.2 Å². The van der Waals surface area contributed by atoms with Crippen molar-refractivity contribution in [2.24, 2.45) is 0 Å². The number of carbonyl (C=O) groups is 1. The number of aliphatic hydroxyl groups excluding tert-OH is 1. The number of carboxylic acid groups (broad SMARTS) is 1. The number of aliphatic hydroxyl groups is 1. The fourth-order valence-corrected chi connectivity index (χ4v) is 1.54. The second-order valence-corrected chi connectivity index (χ2v) is 4.08. The Labute approximate surface area is 106 Å². The maximum atomic E-state index is 10.7. The van der Waals surface area contributed by atoms with Crippen LogP contribution in [0.1, 0.15) is 35.7 Å². The van der Waals surface area contributed by atoms with Gasteiger partial charge in [-0.2, -0.15) is 0 Å². The van der Waals surface area contributed by atoms with Gasteiger partial charge in [-0.25, -0.2) is 4.79 Å². The number of hydrogen-bond acceptors (Lipinski definition) is 5. The lowest BCUT2D eigenvalue weighted by atomic mass is 10.2. The zero-order valence-electron chi connectivity index (χ0n) is 10.5. The highest BCUT2D eigenvalue weighted by Gasteiger charge is 2.14. The predicted molar refractivity (Wildman–Crippen MR) is 64.6 cm³/mol. The molecule has 102 valence electrons. The van der Waals surface area contributed by atoms with Crippen molar-refractivity contribution in [3.05, 3.63) is 23.7 Å². The highest BCUT2D eigenvalue weighted by Crippen LogP contribution is 2.16. The lowest BCUT2D eigenvalue weighted by molar-refractivity contribution is 0.0589. The molecule has 0 spiro atoms. The monoisotopic (exact) mass is 257 g/mol. The van der Waals surface area contributed by atoms with Gasteiger partial charge in [0.1, 0.15) is 5.76 Å². The molecular weight excluding hydrogens is 238 g/mol. The number of furan rings is 1. The van der Waals surface area contributed by atoms with Crippen molar-refractivity contribution in [2.75, 3.05) is 20.3 Å². The molecule has 2 atom stereocenters. The van der Waals surface area contributed by atoms with Gasteiger partial charge in [0, 0.05) is 7.11 Å². The fraction of sp³-hybridized carbons (Fsp3) is 0.583. The molecule has 3 N–H and O–H groups in total. The fourth-order valence-electron chi connectivity index (χ4n) is 1.54. The average molecular weight is 257 g/mol. The average Bonchev–Trinajstić information content (AvgIpc) is 2.78. The van der Waals surface area contributed by atoms with Gasteiger partial charge in [0.15, 0.2) is 0 Å². The van der Waals surface area contributed by atoms with Crippen LogP contribution in [0, 0.1) is 0 Å². The molecule has 6 heteroatoms. The number of nitrogens with one attached hydrogen (secondary N) is 1. The molecule has 0 bridgehead atoms. The minimum absolute atomic E-state index is 0.0712. The molecule has 0 saturated heterocycles. The van der Waals surface area contributed by atoms with Crippen molar-refractivity contribution >= 4 is 5.97 Å². The van der Waals surface area contributed by atoms with E-state index in [1.807, 2.05) is 6.92 Å². The number of carboxylic acids is 1. The first-order valence-corrected chi connectivity index (χ1v) is 5.78. The third-order valence-electron chi connectivity index (χ3n) is 2.55. The Morgan fingerprint density at radius 3 is 2.83 bits per heavy atom. The molecule has 1 heterocycles. The molecule has 6 nitrogen and oxygen atoms in total. The largest absolute Gasteiger partial charge is 0.475 e. The molecule has 0 aliphatic rings. The number of aromatic carboxylic acids is 1. The molecular formula is C12H19NO5. The molecule has 0 fully saturated rings. The van der Waals surface area contributed by atoms with E-state index in [2.05, 4.69) is 5.32 Å². The summed E-state index contributed by atoms with van der Waals surface area (Å²) in [5.41, 5.74) is 0. The van der Waals surface area contributed by atoms with E-state index in [0.29, 0.717) is 25.3 Å². The normalized spacial score (nSPS) is 14.4. The second-order valence-electron chi connectivity index (χ2n) is 4.08. The second kappa shape index (κ2) is 7.15. The number of ether oxygens (including phenoxy) is 1. The quantitative estimate of drug-likeness (QED) is 0.644. The molecule has 0 amide bonds. The van der Waals surface area contributed by atoms with Gasteiger partial charge in [-0.3, -0.25) is 0 Å². The van der Waals surface area contributed by atoms with Gasteiger partial charge in [-0.1, -0.05) is 0 Å². The van der Waals surface area contributed by atoms with Gasteiger partial charge in [-0.15, -0.1) is 0 Å². The summed E-state index contributed by atoms with van der Waals surface area (Å²) in [4.78, 5) is 10.7. The highest BCUT2D eigenvalue weighted by molar-refractivity contribution is 5.84. The van der Waals surface area contributed by atoms with E-state index in [9.17, 15) is 9.90 Å². The first kappa shape index (κ1) is 14.7. The van der Waals surface area contributed by atoms with Gasteiger partial charge >= 0.3 is 5.97 Å². The van der Waals surface area contributed by atoms with E-state index < -0.39 is 12.1 Å². The first-order chi connectivity index (χ1) is 8.54. The molecule has 2 unspecified atom stereocenters. The van der Waals surface area contributed by atoms with Crippen LogP contribution >= 0.6 is 0 Å². The van der Waals surface area contributed by atoms with Crippen molar-refractivity contribution in [1.82, 2.24) is 5.32 Å². The van der Waals surface area contributed by atoms with Gasteiger partial charge in [0.05, 0.1) is 18.8 Å². The summed E-state index contributed by atoms with van der Waals surface area (Å²) in [6.45, 7) is 2.77. The zero-order chi connectivity index (χ0) is 13.5. The Morgan fingerprint density at radius 2 is 2.28 bits per heavy atom. The summed E-state index contributed by atoms with van der Waals surface area (Å²) in [7, 11) is 1.54. The van der Waals surface area contributed by atoms with Crippen molar-refractivity contribution in [2.45, 2.75) is 25.5 Å². The van der Waals surface area contributed by atoms with Crippen molar-refractivity contribution in [1.29, 1.82) is 0 Å². The van der Waals surface area contributed by atoms with Crippen molar-refractivity contribution in [3.63, 3.8) is 0 Å². The van der Waals surface area contributed by atoms with Crippen LogP contribution in [0.3, 0.4) is 0 Å². The minimum Gasteiger partial charge on any atom is -0.475 e. The summed E-state index contributed by atoms with van der Waals surface area (Å²) < 4.78 is 9.98. The van der Waals surface area contributed by atoms with Crippen LogP contribution < -0.4 is 5.32 Å². The van der Waals surface area contributed by atoms with Gasteiger partial charge in [0.25, 0.3) is 0 Å². The standard InChI is InChI=1S/C12H19NO5/c1-8(13-6-5-9(14)7-17-2)10-3-4-11(18-10)12(15)16/h3-4,8-9,13-14H,5-7H2,1-2H3,(H,15,16). The van der Waals surface area contributed by atoms with Gasteiger partial charge < -0.3 is 24.7 Å².